The number of aromatic nitrogens is 3. The minimum atomic E-state index is 0.539. The van der Waals surface area contributed by atoms with Crippen LogP contribution in [0.4, 0.5) is 0 Å². The lowest BCUT2D eigenvalue weighted by molar-refractivity contribution is 0.400. The zero-order valence-corrected chi connectivity index (χ0v) is 12.1. The molecular weight excluding hydrogens is 286 g/mol. The molecule has 5 heteroatoms. The van der Waals surface area contributed by atoms with Gasteiger partial charge in [0, 0.05) is 34.7 Å². The van der Waals surface area contributed by atoms with Gasteiger partial charge in [0.15, 0.2) is 5.82 Å². The van der Waals surface area contributed by atoms with Gasteiger partial charge in [-0.25, -0.2) is 15.0 Å². The lowest BCUT2D eigenvalue weighted by Crippen LogP contribution is -1.94. The van der Waals surface area contributed by atoms with E-state index in [0.717, 1.165) is 16.7 Å². The summed E-state index contributed by atoms with van der Waals surface area (Å²) < 4.78 is 5.34. The number of methoxy groups -OCH3 is 1. The third-order valence-corrected chi connectivity index (χ3v) is 3.24. The minimum absolute atomic E-state index is 0.539. The van der Waals surface area contributed by atoms with Gasteiger partial charge in [-0.2, -0.15) is 0 Å². The lowest BCUT2D eigenvalue weighted by atomic mass is 10.1. The van der Waals surface area contributed by atoms with E-state index >= 15 is 0 Å². The highest BCUT2D eigenvalue weighted by Crippen LogP contribution is 2.32. The van der Waals surface area contributed by atoms with Crippen molar-refractivity contribution in [2.24, 2.45) is 0 Å². The van der Waals surface area contributed by atoms with E-state index in [0.29, 0.717) is 16.7 Å². The van der Waals surface area contributed by atoms with Gasteiger partial charge in [-0.15, -0.1) is 0 Å². The summed E-state index contributed by atoms with van der Waals surface area (Å²) in [6.45, 7) is 0. The van der Waals surface area contributed by atoms with Gasteiger partial charge < -0.3 is 4.74 Å². The standard InChI is InChI=1S/C16H12ClN3O/c1-21-16-14(11-4-2-5-13(17)8-11)9-12(10-20-16)15-18-6-3-7-19-15/h2-10H,1H3. The van der Waals surface area contributed by atoms with Crippen LogP contribution in [-0.4, -0.2) is 22.1 Å². The zero-order chi connectivity index (χ0) is 14.7. The Morgan fingerprint density at radius 2 is 1.76 bits per heavy atom. The van der Waals surface area contributed by atoms with Crippen molar-refractivity contribution in [3.05, 3.63) is 60.0 Å². The Bertz CT molecular complexity index is 762. The third kappa shape index (κ3) is 2.85. The number of hydrogen-bond donors (Lipinski definition) is 0. The maximum Gasteiger partial charge on any atom is 0.221 e. The molecule has 0 aliphatic rings. The molecule has 0 bridgehead atoms. The normalized spacial score (nSPS) is 10.4. The smallest absolute Gasteiger partial charge is 0.221 e. The monoisotopic (exact) mass is 297 g/mol. The minimum Gasteiger partial charge on any atom is -0.481 e. The van der Waals surface area contributed by atoms with Crippen LogP contribution in [0.1, 0.15) is 0 Å². The van der Waals surface area contributed by atoms with E-state index in [1.54, 1.807) is 31.8 Å². The molecule has 2 aromatic heterocycles. The molecule has 3 rings (SSSR count). The van der Waals surface area contributed by atoms with Crippen LogP contribution in [0.25, 0.3) is 22.5 Å². The molecule has 1 aromatic carbocycles. The summed E-state index contributed by atoms with van der Waals surface area (Å²) in [6, 6.07) is 11.3. The second kappa shape index (κ2) is 5.89. The second-order valence-electron chi connectivity index (χ2n) is 4.36. The van der Waals surface area contributed by atoms with Crippen LogP contribution in [0.5, 0.6) is 5.88 Å². The Kier molecular flexibility index (Phi) is 3.79. The number of halogens is 1. The molecule has 0 amide bonds. The van der Waals surface area contributed by atoms with E-state index in [9.17, 15) is 0 Å². The number of benzene rings is 1. The quantitative estimate of drug-likeness (QED) is 0.736. The summed E-state index contributed by atoms with van der Waals surface area (Å²) in [5, 5.41) is 0.663. The maximum absolute atomic E-state index is 6.06. The predicted octanol–water partition coefficient (Wildman–Crippen LogP) is 3.87. The molecule has 4 nitrogen and oxygen atoms in total. The molecule has 0 spiro atoms. The van der Waals surface area contributed by atoms with Crippen molar-refractivity contribution < 1.29 is 4.74 Å². The molecule has 0 aliphatic carbocycles. The van der Waals surface area contributed by atoms with Crippen molar-refractivity contribution in [3.8, 4) is 28.4 Å². The first-order valence-corrected chi connectivity index (χ1v) is 6.73. The fraction of sp³-hybridized carbons (Fsp3) is 0.0625. The van der Waals surface area contributed by atoms with E-state index in [1.807, 2.05) is 30.3 Å². The second-order valence-corrected chi connectivity index (χ2v) is 4.80. The van der Waals surface area contributed by atoms with Gasteiger partial charge in [0.25, 0.3) is 0 Å². The number of ether oxygens (including phenoxy) is 1. The van der Waals surface area contributed by atoms with Crippen molar-refractivity contribution in [2.75, 3.05) is 7.11 Å². The van der Waals surface area contributed by atoms with E-state index in [1.165, 1.54) is 0 Å². The van der Waals surface area contributed by atoms with Gasteiger partial charge >= 0.3 is 0 Å². The molecule has 21 heavy (non-hydrogen) atoms. The van der Waals surface area contributed by atoms with Gasteiger partial charge in [0.05, 0.1) is 7.11 Å². The summed E-state index contributed by atoms with van der Waals surface area (Å²) in [5.74, 6) is 1.16. The summed E-state index contributed by atoms with van der Waals surface area (Å²) in [4.78, 5) is 12.8. The van der Waals surface area contributed by atoms with Crippen LogP contribution in [0.2, 0.25) is 5.02 Å². The maximum atomic E-state index is 6.06. The molecule has 0 unspecified atom stereocenters. The first-order chi connectivity index (χ1) is 10.3. The molecule has 0 fully saturated rings. The summed E-state index contributed by atoms with van der Waals surface area (Å²) >= 11 is 6.06. The van der Waals surface area contributed by atoms with E-state index in [2.05, 4.69) is 15.0 Å². The number of hydrogen-bond acceptors (Lipinski definition) is 4. The predicted molar refractivity (Wildman–Crippen MR) is 82.3 cm³/mol. The summed E-state index contributed by atoms with van der Waals surface area (Å²) in [5.41, 5.74) is 2.61. The fourth-order valence-corrected chi connectivity index (χ4v) is 2.24. The van der Waals surface area contributed by atoms with Crippen LogP contribution in [0.15, 0.2) is 55.0 Å². The fourth-order valence-electron chi connectivity index (χ4n) is 2.05. The van der Waals surface area contributed by atoms with Gasteiger partial charge in [-0.05, 0) is 29.8 Å². The molecule has 0 atom stereocenters. The molecule has 0 radical (unpaired) electrons. The first kappa shape index (κ1) is 13.5. The van der Waals surface area contributed by atoms with E-state index in [4.69, 9.17) is 16.3 Å². The summed E-state index contributed by atoms with van der Waals surface area (Å²) in [6.07, 6.45) is 5.10. The molecule has 3 aromatic rings. The number of nitrogens with zero attached hydrogens (tertiary/aromatic N) is 3. The van der Waals surface area contributed by atoms with Crippen LogP contribution < -0.4 is 4.74 Å². The highest BCUT2D eigenvalue weighted by atomic mass is 35.5. The zero-order valence-electron chi connectivity index (χ0n) is 11.3. The van der Waals surface area contributed by atoms with Crippen molar-refractivity contribution in [1.82, 2.24) is 15.0 Å². The van der Waals surface area contributed by atoms with Crippen LogP contribution in [0, 0.1) is 0 Å². The van der Waals surface area contributed by atoms with Crippen LogP contribution in [-0.2, 0) is 0 Å². The van der Waals surface area contributed by atoms with Gasteiger partial charge in [-0.3, -0.25) is 0 Å². The Morgan fingerprint density at radius 3 is 2.48 bits per heavy atom. The van der Waals surface area contributed by atoms with Crippen LogP contribution >= 0.6 is 11.6 Å². The first-order valence-electron chi connectivity index (χ1n) is 6.35. The lowest BCUT2D eigenvalue weighted by Gasteiger charge is -2.09. The van der Waals surface area contributed by atoms with Gasteiger partial charge in [0.2, 0.25) is 5.88 Å². The Morgan fingerprint density at radius 1 is 0.952 bits per heavy atom. The Balaban J connectivity index is 2.14. The average molecular weight is 298 g/mol. The van der Waals surface area contributed by atoms with Crippen molar-refractivity contribution in [1.29, 1.82) is 0 Å². The number of rotatable bonds is 3. The molecule has 104 valence electrons. The van der Waals surface area contributed by atoms with E-state index < -0.39 is 0 Å². The SMILES string of the molecule is COc1ncc(-c2ncccn2)cc1-c1cccc(Cl)c1. The van der Waals surface area contributed by atoms with Crippen molar-refractivity contribution in [2.45, 2.75) is 0 Å². The van der Waals surface area contributed by atoms with Gasteiger partial charge in [-0.1, -0.05) is 23.7 Å². The molecule has 0 aliphatic heterocycles. The highest BCUT2D eigenvalue weighted by molar-refractivity contribution is 6.30. The summed E-state index contributed by atoms with van der Waals surface area (Å²) in [7, 11) is 1.59. The van der Waals surface area contributed by atoms with Crippen molar-refractivity contribution in [3.63, 3.8) is 0 Å². The molecule has 0 saturated heterocycles. The van der Waals surface area contributed by atoms with E-state index in [-0.39, 0.29) is 0 Å². The van der Waals surface area contributed by atoms with Gasteiger partial charge in [0.1, 0.15) is 0 Å². The Hall–Kier alpha value is -2.46. The molecule has 0 saturated carbocycles. The largest absolute Gasteiger partial charge is 0.481 e. The van der Waals surface area contributed by atoms with Crippen molar-refractivity contribution >= 4 is 11.6 Å². The molecular formula is C16H12ClN3O. The number of pyridine rings is 1. The van der Waals surface area contributed by atoms with Crippen LogP contribution in [0.3, 0.4) is 0 Å². The topological polar surface area (TPSA) is 47.9 Å². The molecule has 2 heterocycles. The Labute approximate surface area is 127 Å². The average Bonchev–Trinajstić information content (AvgIpc) is 2.55. The highest BCUT2D eigenvalue weighted by Gasteiger charge is 2.11. The molecule has 0 N–H and O–H groups in total. The third-order valence-electron chi connectivity index (χ3n) is 3.00.